The Labute approximate surface area is 492 Å². The molecule has 13 rings (SSSR count). The molecule has 0 radical (unpaired) electrons. The van der Waals surface area contributed by atoms with Gasteiger partial charge in [0, 0.05) is 53.7 Å². The Morgan fingerprint density at radius 1 is 0.471 bits per heavy atom. The number of hydrogen-bond donors (Lipinski definition) is 1. The molecule has 2 saturated carbocycles. The third kappa shape index (κ3) is 12.3. The number of nitrogens with two attached hydrogens (primary N) is 1. The lowest BCUT2D eigenvalue weighted by Gasteiger charge is -2.29. The highest BCUT2D eigenvalue weighted by atomic mass is 31.2. The van der Waals surface area contributed by atoms with Crippen LogP contribution in [0.1, 0.15) is 77.3 Å². The van der Waals surface area contributed by atoms with Crippen LogP contribution in [0.3, 0.4) is 0 Å². The second-order valence-corrected chi connectivity index (χ2v) is 24.2. The van der Waals surface area contributed by atoms with E-state index in [0.717, 1.165) is 111 Å². The molecule has 2 aliphatic carbocycles. The van der Waals surface area contributed by atoms with Crippen molar-refractivity contribution in [2.24, 2.45) is 4.74 Å². The van der Waals surface area contributed by atoms with Crippen LogP contribution in [0.25, 0.3) is 44.6 Å². The average molecular weight is 1150 g/mol. The first-order chi connectivity index (χ1) is 41.7. The van der Waals surface area contributed by atoms with Gasteiger partial charge in [-0.2, -0.15) is 10.2 Å². The molecule has 85 heavy (non-hydrogen) atoms. The largest absolute Gasteiger partial charge is 0.462 e. The Morgan fingerprint density at radius 2 is 0.847 bits per heavy atom. The number of nitrogen functional groups attached to an aromatic ring is 1. The van der Waals surface area contributed by atoms with Crippen LogP contribution in [0.4, 0.5) is 11.6 Å². The zero-order valence-electron chi connectivity index (χ0n) is 47.2. The van der Waals surface area contributed by atoms with Gasteiger partial charge in [0.2, 0.25) is 0 Å². The van der Waals surface area contributed by atoms with Gasteiger partial charge < -0.3 is 24.7 Å². The van der Waals surface area contributed by atoms with Crippen molar-refractivity contribution < 1.29 is 28.5 Å². The number of nitrogens with zero attached hydrogens (tertiary/aromatic N) is 9. The summed E-state index contributed by atoms with van der Waals surface area (Å²) in [4.78, 5) is 41.9. The summed E-state index contributed by atoms with van der Waals surface area (Å²) in [5.41, 5.74) is 10.9. The van der Waals surface area contributed by atoms with Crippen LogP contribution in [0.5, 0.6) is 23.0 Å². The Bertz CT molecular complexity index is 4030. The maximum atomic E-state index is 11.9. The van der Waals surface area contributed by atoms with E-state index < -0.39 is 7.05 Å². The number of carbonyl (C=O) groups is 2. The molecule has 16 nitrogen and oxygen atoms in total. The van der Waals surface area contributed by atoms with Crippen molar-refractivity contribution >= 4 is 68.6 Å². The van der Waals surface area contributed by atoms with Crippen molar-refractivity contribution in [1.29, 1.82) is 0 Å². The predicted molar refractivity (Wildman–Crippen MR) is 332 cm³/mol. The first kappa shape index (κ1) is 55.7. The highest BCUT2D eigenvalue weighted by Crippen LogP contribution is 2.51. The summed E-state index contributed by atoms with van der Waals surface area (Å²) in [5.74, 6) is 3.44. The lowest BCUT2D eigenvalue weighted by atomic mass is 9.93. The second kappa shape index (κ2) is 25.4. The zero-order chi connectivity index (χ0) is 58.1. The van der Waals surface area contributed by atoms with Gasteiger partial charge in [-0.15, -0.1) is 0 Å². The zero-order valence-corrected chi connectivity index (χ0v) is 48.1. The SMILES string of the molecule is CC(=O)O[C@@H]1CCC[C@@H](n2nc(-c3ccc(Oc4ccccc4)cc3)c3c(N)ncnc32)C1.CC(=O)O[C@@H]1CCC[C@@H](n2nc(-c3ccc(Oc4ccccc4)cc3)c3c(N=P(c4ccccc4)(c4ccccc4)c4ccccc4)ncnc32)C1. The van der Waals surface area contributed by atoms with Gasteiger partial charge in [-0.3, -0.25) is 9.59 Å². The predicted octanol–water partition coefficient (Wildman–Crippen LogP) is 14.1. The monoisotopic (exact) mass is 1150 g/mol. The normalized spacial score (nSPS) is 16.8. The van der Waals surface area contributed by atoms with Crippen molar-refractivity contribution in [3.63, 3.8) is 0 Å². The smallest absolute Gasteiger partial charge is 0.302 e. The molecule has 2 N–H and O–H groups in total. The molecule has 426 valence electrons. The fourth-order valence-electron chi connectivity index (χ4n) is 11.6. The number of rotatable bonds is 14. The number of hydrogen-bond acceptors (Lipinski definition) is 14. The molecule has 0 amide bonds. The quantitative estimate of drug-likeness (QED) is 0.0798. The van der Waals surface area contributed by atoms with E-state index in [4.69, 9.17) is 49.6 Å². The highest BCUT2D eigenvalue weighted by Gasteiger charge is 2.33. The molecule has 0 saturated heterocycles. The van der Waals surface area contributed by atoms with Gasteiger partial charge >= 0.3 is 11.9 Å². The number of esters is 2. The van der Waals surface area contributed by atoms with E-state index in [0.29, 0.717) is 35.8 Å². The fraction of sp³-hybridized carbons (Fsp3) is 0.206. The Balaban J connectivity index is 0.000000185. The first-order valence-electron chi connectivity index (χ1n) is 28.7. The van der Waals surface area contributed by atoms with Crippen molar-refractivity contribution in [2.75, 3.05) is 5.73 Å². The van der Waals surface area contributed by atoms with Crippen LogP contribution in [0.2, 0.25) is 0 Å². The van der Waals surface area contributed by atoms with E-state index in [-0.39, 0.29) is 36.2 Å². The van der Waals surface area contributed by atoms with Gasteiger partial charge in [-0.25, -0.2) is 34.0 Å². The molecule has 0 bridgehead atoms. The molecule has 2 aliphatic rings. The average Bonchev–Trinajstić information content (AvgIpc) is 2.22. The molecule has 4 heterocycles. The van der Waals surface area contributed by atoms with Crippen LogP contribution < -0.4 is 31.1 Å². The van der Waals surface area contributed by atoms with Gasteiger partial charge in [-0.1, -0.05) is 127 Å². The Hall–Kier alpha value is -9.79. The third-order valence-electron chi connectivity index (χ3n) is 15.4. The van der Waals surface area contributed by atoms with Crippen LogP contribution in [-0.4, -0.2) is 63.6 Å². The van der Waals surface area contributed by atoms with E-state index in [9.17, 15) is 9.59 Å². The number of fused-ring (bicyclic) bond motifs is 2. The first-order valence-corrected chi connectivity index (χ1v) is 30.4. The van der Waals surface area contributed by atoms with Crippen molar-refractivity contribution in [3.8, 4) is 45.5 Å². The van der Waals surface area contributed by atoms with Gasteiger partial charge in [0.25, 0.3) is 0 Å². The summed E-state index contributed by atoms with van der Waals surface area (Å²) in [5, 5.41) is 15.1. The van der Waals surface area contributed by atoms with E-state index >= 15 is 0 Å². The minimum Gasteiger partial charge on any atom is -0.462 e. The Morgan fingerprint density at radius 3 is 1.27 bits per heavy atom. The molecule has 4 aromatic heterocycles. The van der Waals surface area contributed by atoms with Gasteiger partial charge in [0.05, 0.1) is 29.9 Å². The highest BCUT2D eigenvalue weighted by molar-refractivity contribution is 7.87. The van der Waals surface area contributed by atoms with E-state index in [1.165, 1.54) is 20.2 Å². The Kier molecular flexibility index (Phi) is 16.6. The molecule has 2 fully saturated rings. The van der Waals surface area contributed by atoms with Crippen LogP contribution in [0, 0.1) is 0 Å². The summed E-state index contributed by atoms with van der Waals surface area (Å²) in [6.07, 6.45) is 9.51. The summed E-state index contributed by atoms with van der Waals surface area (Å²) in [6.45, 7) is 2.92. The summed E-state index contributed by atoms with van der Waals surface area (Å²) in [6, 6.07) is 66.7. The molecule has 0 unspecified atom stereocenters. The molecular weight excluding hydrogens is 1080 g/mol. The van der Waals surface area contributed by atoms with E-state index in [1.807, 2.05) is 137 Å². The maximum absolute atomic E-state index is 11.9. The topological polar surface area (TPSA) is 197 Å². The van der Waals surface area contributed by atoms with Crippen molar-refractivity contribution in [1.82, 2.24) is 39.5 Å². The summed E-state index contributed by atoms with van der Waals surface area (Å²) in [7, 11) is -2.67. The molecule has 11 aromatic rings. The summed E-state index contributed by atoms with van der Waals surface area (Å²) < 4.78 is 33.0. The standard InChI is InChI=1S/C43H38N5O3P.C25H25N5O3/c1-31(49)50-36-18-14-15-33(29-36)48-43-40(41(46-48)32-25-27-35(28-26-32)51-34-16-6-2-7-17-34)42(44-30-45-43)47-52(37-19-8-3-9-20-37,38-21-10-4-11-22-38)39-23-12-5-13-24-39;1-16(31)32-21-9-5-6-18(14-21)30-25-22(24(26)27-15-28-25)23(29-30)17-10-12-20(13-11-17)33-19-7-3-2-4-8-19/h2-13,16-17,19-28,30,33,36H,14-15,18,29H2,1H3;2-4,7-8,10-13,15,18,21H,5-6,9,14H2,1H3,(H2,26,27,28)/t33-,36-;18-,21-/m11/s1. The molecule has 0 spiro atoms. The van der Waals surface area contributed by atoms with Crippen molar-refractivity contribution in [3.05, 3.63) is 213 Å². The number of ether oxygens (including phenoxy) is 4. The minimum absolute atomic E-state index is 0.0188. The number of carbonyl (C=O) groups excluding carboxylic acids is 2. The van der Waals surface area contributed by atoms with Crippen LogP contribution >= 0.6 is 7.05 Å². The molecule has 0 aliphatic heterocycles. The van der Waals surface area contributed by atoms with E-state index in [2.05, 4.69) is 82.8 Å². The molecule has 4 atom stereocenters. The summed E-state index contributed by atoms with van der Waals surface area (Å²) >= 11 is 0. The van der Waals surface area contributed by atoms with Crippen molar-refractivity contribution in [2.45, 2.75) is 89.5 Å². The fourth-order valence-corrected chi connectivity index (χ4v) is 15.1. The third-order valence-corrected chi connectivity index (χ3v) is 19.0. The number of anilines is 1. The second-order valence-electron chi connectivity index (χ2n) is 21.2. The number of para-hydroxylation sites is 2. The maximum Gasteiger partial charge on any atom is 0.302 e. The van der Waals surface area contributed by atoms with Crippen LogP contribution in [0.15, 0.2) is 218 Å². The molecular formula is C68H63N10O6P. The lowest BCUT2D eigenvalue weighted by Crippen LogP contribution is -2.27. The lowest BCUT2D eigenvalue weighted by molar-refractivity contribution is -0.149. The van der Waals surface area contributed by atoms with Gasteiger partial charge in [-0.05, 0) is 111 Å². The molecule has 7 aromatic carbocycles. The minimum atomic E-state index is -2.67. The van der Waals surface area contributed by atoms with Crippen LogP contribution in [-0.2, 0) is 19.1 Å². The number of benzene rings is 7. The van der Waals surface area contributed by atoms with Gasteiger partial charge in [0.15, 0.2) is 17.1 Å². The molecule has 17 heteroatoms. The van der Waals surface area contributed by atoms with Gasteiger partial charge in [0.1, 0.15) is 65.1 Å². The number of aromatic nitrogens is 8. The van der Waals surface area contributed by atoms with E-state index in [1.54, 1.807) is 6.33 Å².